The van der Waals surface area contributed by atoms with E-state index in [-0.39, 0.29) is 24.8 Å². The monoisotopic (exact) mass is 510 g/mol. The summed E-state index contributed by atoms with van der Waals surface area (Å²) in [7, 11) is 1.64. The molecule has 0 unspecified atom stereocenters. The highest BCUT2D eigenvalue weighted by atomic mass is 16.6. The van der Waals surface area contributed by atoms with E-state index in [0.29, 0.717) is 38.3 Å². The number of methoxy groups -OCH3 is 1. The van der Waals surface area contributed by atoms with Gasteiger partial charge in [0.05, 0.1) is 17.8 Å². The van der Waals surface area contributed by atoms with Crippen molar-refractivity contribution in [3.63, 3.8) is 0 Å². The van der Waals surface area contributed by atoms with Crippen LogP contribution >= 0.6 is 0 Å². The fourth-order valence-corrected chi connectivity index (χ4v) is 4.91. The van der Waals surface area contributed by atoms with Gasteiger partial charge in [0.15, 0.2) is 0 Å². The summed E-state index contributed by atoms with van der Waals surface area (Å²) < 4.78 is 22.9. The molecule has 1 amide bonds. The number of carbonyl (C=O) groups excluding carboxylic acids is 2. The molecular weight excluding hydrogens is 472 g/mol. The molecule has 0 spiro atoms. The van der Waals surface area contributed by atoms with Crippen LogP contribution in [0.5, 0.6) is 5.75 Å². The van der Waals surface area contributed by atoms with Gasteiger partial charge in [0.1, 0.15) is 30.7 Å². The van der Waals surface area contributed by atoms with Gasteiger partial charge in [-0.05, 0) is 75.4 Å². The van der Waals surface area contributed by atoms with E-state index in [9.17, 15) is 9.59 Å². The van der Waals surface area contributed by atoms with Crippen LogP contribution in [-0.4, -0.2) is 75.2 Å². The van der Waals surface area contributed by atoms with Gasteiger partial charge in [-0.2, -0.15) is 0 Å². The highest BCUT2D eigenvalue weighted by molar-refractivity contribution is 5.89. The number of benzene rings is 2. The van der Waals surface area contributed by atoms with Gasteiger partial charge in [-0.1, -0.05) is 18.2 Å². The first-order chi connectivity index (χ1) is 17.7. The van der Waals surface area contributed by atoms with Crippen molar-refractivity contribution in [2.45, 2.75) is 52.2 Å². The predicted octanol–water partition coefficient (Wildman–Crippen LogP) is 4.40. The average Bonchev–Trinajstić information content (AvgIpc) is 3.09. The Morgan fingerprint density at radius 1 is 1.08 bits per heavy atom. The SMILES string of the molecule is CO[C@@H](COC(=O)c1ccccc1)CN1CCOc2cc3c(c(C)c21)CCN(C(=O)OC(C)(C)C)CC3. The molecule has 0 bridgehead atoms. The molecule has 8 heteroatoms. The summed E-state index contributed by atoms with van der Waals surface area (Å²) in [6, 6.07) is 11.1. The van der Waals surface area contributed by atoms with Crippen LogP contribution in [0.25, 0.3) is 0 Å². The Balaban J connectivity index is 1.47. The van der Waals surface area contributed by atoms with Crippen molar-refractivity contribution in [1.29, 1.82) is 0 Å². The molecule has 1 atom stereocenters. The minimum atomic E-state index is -0.521. The second-order valence-corrected chi connectivity index (χ2v) is 10.6. The lowest BCUT2D eigenvalue weighted by molar-refractivity contribution is 0.0129. The van der Waals surface area contributed by atoms with E-state index in [0.717, 1.165) is 29.8 Å². The average molecular weight is 511 g/mol. The molecule has 2 aromatic rings. The molecule has 8 nitrogen and oxygen atoms in total. The van der Waals surface area contributed by atoms with Crippen LogP contribution in [0.2, 0.25) is 0 Å². The lowest BCUT2D eigenvalue weighted by Gasteiger charge is -2.36. The maximum absolute atomic E-state index is 12.7. The van der Waals surface area contributed by atoms with Crippen LogP contribution in [0.1, 0.15) is 47.8 Å². The van der Waals surface area contributed by atoms with E-state index >= 15 is 0 Å². The zero-order valence-electron chi connectivity index (χ0n) is 22.5. The van der Waals surface area contributed by atoms with Gasteiger partial charge < -0.3 is 28.7 Å². The molecule has 0 radical (unpaired) electrons. The molecule has 4 rings (SSSR count). The summed E-state index contributed by atoms with van der Waals surface area (Å²) in [6.07, 6.45) is 0.944. The second kappa shape index (κ2) is 11.4. The number of anilines is 1. The first-order valence-electron chi connectivity index (χ1n) is 12.9. The molecule has 37 heavy (non-hydrogen) atoms. The molecule has 2 heterocycles. The molecule has 0 N–H and O–H groups in total. The van der Waals surface area contributed by atoms with Crippen molar-refractivity contribution in [2.24, 2.45) is 0 Å². The third-order valence-corrected chi connectivity index (χ3v) is 6.77. The largest absolute Gasteiger partial charge is 0.490 e. The maximum Gasteiger partial charge on any atom is 0.410 e. The summed E-state index contributed by atoms with van der Waals surface area (Å²) in [5.74, 6) is 0.491. The van der Waals surface area contributed by atoms with Crippen molar-refractivity contribution >= 4 is 17.7 Å². The number of esters is 1. The fraction of sp³-hybridized carbons (Fsp3) is 0.517. The summed E-state index contributed by atoms with van der Waals surface area (Å²) >= 11 is 0. The van der Waals surface area contributed by atoms with E-state index in [1.54, 1.807) is 24.1 Å². The zero-order chi connectivity index (χ0) is 26.6. The molecule has 0 aliphatic carbocycles. The number of nitrogens with zero attached hydrogens (tertiary/aromatic N) is 2. The van der Waals surface area contributed by atoms with Crippen molar-refractivity contribution < 1.29 is 28.5 Å². The third-order valence-electron chi connectivity index (χ3n) is 6.77. The Morgan fingerprint density at radius 3 is 2.51 bits per heavy atom. The molecule has 2 aliphatic rings. The van der Waals surface area contributed by atoms with E-state index in [1.165, 1.54) is 11.1 Å². The Kier molecular flexibility index (Phi) is 8.27. The highest BCUT2D eigenvalue weighted by Crippen LogP contribution is 2.40. The minimum absolute atomic E-state index is 0.158. The van der Waals surface area contributed by atoms with Crippen LogP contribution < -0.4 is 9.64 Å². The lowest BCUT2D eigenvalue weighted by Crippen LogP contribution is -2.41. The molecular formula is C29H38N2O6. The predicted molar refractivity (Wildman–Crippen MR) is 142 cm³/mol. The van der Waals surface area contributed by atoms with Crippen LogP contribution in [-0.2, 0) is 27.1 Å². The molecule has 200 valence electrons. The van der Waals surface area contributed by atoms with Gasteiger partial charge in [0, 0.05) is 26.7 Å². The van der Waals surface area contributed by atoms with Gasteiger partial charge in [0.2, 0.25) is 0 Å². The molecule has 2 aliphatic heterocycles. The summed E-state index contributed by atoms with van der Waals surface area (Å²) in [5, 5.41) is 0. The Morgan fingerprint density at radius 2 is 1.81 bits per heavy atom. The van der Waals surface area contributed by atoms with Gasteiger partial charge in [-0.3, -0.25) is 0 Å². The van der Waals surface area contributed by atoms with Crippen LogP contribution in [0.15, 0.2) is 36.4 Å². The third kappa shape index (κ3) is 6.55. The molecule has 0 saturated heterocycles. The van der Waals surface area contributed by atoms with Crippen molar-refractivity contribution in [3.05, 3.63) is 58.7 Å². The Hall–Kier alpha value is -3.26. The van der Waals surface area contributed by atoms with E-state index < -0.39 is 5.60 Å². The van der Waals surface area contributed by atoms with Crippen LogP contribution in [0, 0.1) is 6.92 Å². The number of fused-ring (bicyclic) bond motifs is 2. The number of ether oxygens (including phenoxy) is 4. The quantitative estimate of drug-likeness (QED) is 0.533. The first kappa shape index (κ1) is 26.8. The number of amides is 1. The summed E-state index contributed by atoms with van der Waals surface area (Å²) in [5.41, 5.74) is 4.68. The standard InChI is InChI=1S/C29H38N2O6/c1-20-24-12-14-30(28(33)37-29(2,3)4)13-11-22(24)17-25-26(20)31(15-16-35-25)18-23(34-5)19-36-27(32)21-9-7-6-8-10-21/h6-10,17,23H,11-16,18-19H2,1-5H3/t23-/m1/s1. The summed E-state index contributed by atoms with van der Waals surface area (Å²) in [4.78, 5) is 29.1. The molecule has 0 aromatic heterocycles. The molecule has 2 aromatic carbocycles. The zero-order valence-corrected chi connectivity index (χ0v) is 22.5. The molecule has 0 saturated carbocycles. The maximum atomic E-state index is 12.7. The number of carbonyl (C=O) groups is 2. The first-order valence-corrected chi connectivity index (χ1v) is 12.9. The van der Waals surface area contributed by atoms with Gasteiger partial charge >= 0.3 is 12.1 Å². The van der Waals surface area contributed by atoms with Gasteiger partial charge in [0.25, 0.3) is 0 Å². The summed E-state index contributed by atoms with van der Waals surface area (Å²) in [6.45, 7) is 11.0. The van der Waals surface area contributed by atoms with E-state index in [2.05, 4.69) is 17.9 Å². The highest BCUT2D eigenvalue weighted by Gasteiger charge is 2.30. The van der Waals surface area contributed by atoms with Gasteiger partial charge in [-0.15, -0.1) is 0 Å². The topological polar surface area (TPSA) is 77.5 Å². The minimum Gasteiger partial charge on any atom is -0.490 e. The van der Waals surface area contributed by atoms with E-state index in [4.69, 9.17) is 18.9 Å². The van der Waals surface area contributed by atoms with Crippen molar-refractivity contribution in [3.8, 4) is 5.75 Å². The normalized spacial score (nSPS) is 16.1. The fourth-order valence-electron chi connectivity index (χ4n) is 4.91. The smallest absolute Gasteiger partial charge is 0.410 e. The van der Waals surface area contributed by atoms with E-state index in [1.807, 2.05) is 39.0 Å². The van der Waals surface area contributed by atoms with Crippen LogP contribution in [0.3, 0.4) is 0 Å². The molecule has 0 fully saturated rings. The number of rotatable bonds is 6. The number of hydrogen-bond donors (Lipinski definition) is 0. The number of hydrogen-bond acceptors (Lipinski definition) is 7. The lowest BCUT2D eigenvalue weighted by atomic mass is 9.94. The van der Waals surface area contributed by atoms with Gasteiger partial charge in [-0.25, -0.2) is 9.59 Å². The Labute approximate surface area is 219 Å². The second-order valence-electron chi connectivity index (χ2n) is 10.6. The van der Waals surface area contributed by atoms with Crippen molar-refractivity contribution in [2.75, 3.05) is 51.4 Å². The Bertz CT molecular complexity index is 1110. The van der Waals surface area contributed by atoms with Crippen molar-refractivity contribution in [1.82, 2.24) is 4.90 Å². The van der Waals surface area contributed by atoms with Crippen LogP contribution in [0.4, 0.5) is 10.5 Å².